The van der Waals surface area contributed by atoms with Crippen molar-refractivity contribution in [3.8, 4) is 0 Å². The summed E-state index contributed by atoms with van der Waals surface area (Å²) in [4.78, 5) is 20.5. The van der Waals surface area contributed by atoms with Gasteiger partial charge in [0.05, 0.1) is 5.69 Å². The molecule has 0 radical (unpaired) electrons. The molecule has 0 aliphatic carbocycles. The summed E-state index contributed by atoms with van der Waals surface area (Å²) in [7, 11) is 3.61. The van der Waals surface area contributed by atoms with E-state index in [2.05, 4.69) is 25.8 Å². The number of nitrogens with zero attached hydrogens (tertiary/aromatic N) is 3. The Morgan fingerprint density at radius 3 is 2.83 bits per heavy atom. The Labute approximate surface area is 116 Å². The molecule has 1 aliphatic heterocycles. The third kappa shape index (κ3) is 2.51. The number of anilines is 1. The van der Waals surface area contributed by atoms with Crippen molar-refractivity contribution in [2.24, 2.45) is 0 Å². The van der Waals surface area contributed by atoms with E-state index >= 15 is 0 Å². The van der Waals surface area contributed by atoms with Gasteiger partial charge in [0, 0.05) is 25.1 Å². The molecule has 4 nitrogen and oxygen atoms in total. The lowest BCUT2D eigenvalue weighted by Gasteiger charge is -2.27. The third-order valence-corrected chi connectivity index (χ3v) is 4.12. The van der Waals surface area contributed by atoms with Gasteiger partial charge in [-0.05, 0) is 47.8 Å². The van der Waals surface area contributed by atoms with Gasteiger partial charge in [-0.1, -0.05) is 0 Å². The molecule has 2 rings (SSSR count). The molecule has 0 N–H and O–H groups in total. The van der Waals surface area contributed by atoms with Crippen LogP contribution in [0.3, 0.4) is 0 Å². The summed E-state index contributed by atoms with van der Waals surface area (Å²) in [6, 6.07) is 3.90. The van der Waals surface area contributed by atoms with Crippen LogP contribution in [0, 0.1) is 6.92 Å². The standard InChI is InChI=1S/C13H18BrN3O/c1-9-10(14)6-7-12(15-9)17-8-4-5-11(17)13(18)16(2)3/h6-7,11H,4-5,8H2,1-3H3. The van der Waals surface area contributed by atoms with Crippen LogP contribution in [0.2, 0.25) is 0 Å². The minimum absolute atomic E-state index is 0.0620. The number of carbonyl (C=O) groups is 1. The lowest BCUT2D eigenvalue weighted by molar-refractivity contribution is -0.129. The van der Waals surface area contributed by atoms with Crippen molar-refractivity contribution < 1.29 is 4.79 Å². The number of rotatable bonds is 2. The van der Waals surface area contributed by atoms with Gasteiger partial charge in [-0.15, -0.1) is 0 Å². The van der Waals surface area contributed by atoms with E-state index in [1.807, 2.05) is 19.1 Å². The highest BCUT2D eigenvalue weighted by Gasteiger charge is 2.32. The number of pyridine rings is 1. The van der Waals surface area contributed by atoms with Gasteiger partial charge in [-0.3, -0.25) is 4.79 Å². The van der Waals surface area contributed by atoms with Crippen LogP contribution < -0.4 is 4.90 Å². The molecule has 1 fully saturated rings. The van der Waals surface area contributed by atoms with Crippen LogP contribution in [0.4, 0.5) is 5.82 Å². The van der Waals surface area contributed by atoms with E-state index in [-0.39, 0.29) is 11.9 Å². The van der Waals surface area contributed by atoms with Gasteiger partial charge >= 0.3 is 0 Å². The first kappa shape index (κ1) is 13.3. The quantitative estimate of drug-likeness (QED) is 0.840. The van der Waals surface area contributed by atoms with E-state index in [9.17, 15) is 4.79 Å². The molecule has 1 unspecified atom stereocenters. The number of likely N-dealkylation sites (N-methyl/N-ethyl adjacent to an activating group) is 1. The predicted octanol–water partition coefficient (Wildman–Crippen LogP) is 2.21. The minimum Gasteiger partial charge on any atom is -0.347 e. The first-order valence-corrected chi connectivity index (χ1v) is 6.91. The zero-order chi connectivity index (χ0) is 13.3. The molecule has 2 heterocycles. The summed E-state index contributed by atoms with van der Waals surface area (Å²) in [6.45, 7) is 2.87. The van der Waals surface area contributed by atoms with Gasteiger partial charge < -0.3 is 9.80 Å². The minimum atomic E-state index is -0.0620. The highest BCUT2D eigenvalue weighted by Crippen LogP contribution is 2.27. The fourth-order valence-corrected chi connectivity index (χ4v) is 2.51. The second-order valence-electron chi connectivity index (χ2n) is 4.82. The topological polar surface area (TPSA) is 36.4 Å². The van der Waals surface area contributed by atoms with Crippen molar-refractivity contribution in [3.05, 3.63) is 22.3 Å². The Morgan fingerprint density at radius 1 is 1.50 bits per heavy atom. The van der Waals surface area contributed by atoms with Crippen molar-refractivity contribution >= 4 is 27.7 Å². The number of hydrogen-bond donors (Lipinski definition) is 0. The van der Waals surface area contributed by atoms with Crippen LogP contribution in [-0.4, -0.2) is 42.5 Å². The summed E-state index contributed by atoms with van der Waals surface area (Å²) in [5, 5.41) is 0. The maximum atomic E-state index is 12.1. The second kappa shape index (κ2) is 5.26. The van der Waals surface area contributed by atoms with Gasteiger partial charge in [-0.25, -0.2) is 4.98 Å². The molecular formula is C13H18BrN3O. The molecule has 0 spiro atoms. The van der Waals surface area contributed by atoms with Crippen LogP contribution in [0.5, 0.6) is 0 Å². The highest BCUT2D eigenvalue weighted by atomic mass is 79.9. The van der Waals surface area contributed by atoms with E-state index < -0.39 is 0 Å². The molecule has 0 aromatic carbocycles. The third-order valence-electron chi connectivity index (χ3n) is 3.28. The maximum Gasteiger partial charge on any atom is 0.244 e. The molecule has 0 bridgehead atoms. The van der Waals surface area contributed by atoms with Crippen molar-refractivity contribution in [1.29, 1.82) is 0 Å². The van der Waals surface area contributed by atoms with Gasteiger partial charge in [0.25, 0.3) is 0 Å². The van der Waals surface area contributed by atoms with Crippen LogP contribution >= 0.6 is 15.9 Å². The normalized spacial score (nSPS) is 19.1. The molecule has 0 saturated carbocycles. The van der Waals surface area contributed by atoms with E-state index in [4.69, 9.17) is 0 Å². The van der Waals surface area contributed by atoms with Crippen LogP contribution in [0.1, 0.15) is 18.5 Å². The first-order chi connectivity index (χ1) is 8.50. The van der Waals surface area contributed by atoms with Crippen LogP contribution in [0.15, 0.2) is 16.6 Å². The Balaban J connectivity index is 2.26. The lowest BCUT2D eigenvalue weighted by atomic mass is 10.2. The Hall–Kier alpha value is -1.10. The SMILES string of the molecule is Cc1nc(N2CCCC2C(=O)N(C)C)ccc1Br. The smallest absolute Gasteiger partial charge is 0.244 e. The van der Waals surface area contributed by atoms with E-state index in [0.717, 1.165) is 35.4 Å². The fraction of sp³-hybridized carbons (Fsp3) is 0.538. The molecule has 1 saturated heterocycles. The molecule has 1 aliphatic rings. The monoisotopic (exact) mass is 311 g/mol. The summed E-state index contributed by atoms with van der Waals surface area (Å²) >= 11 is 3.45. The van der Waals surface area contributed by atoms with Crippen molar-refractivity contribution in [3.63, 3.8) is 0 Å². The summed E-state index contributed by atoms with van der Waals surface area (Å²) in [6.07, 6.45) is 1.95. The lowest BCUT2D eigenvalue weighted by Crippen LogP contribution is -2.43. The molecule has 1 aromatic heterocycles. The molecule has 1 atom stereocenters. The number of aromatic nitrogens is 1. The Bertz CT molecular complexity index is 462. The molecule has 1 aromatic rings. The largest absolute Gasteiger partial charge is 0.347 e. The van der Waals surface area contributed by atoms with E-state index in [1.165, 1.54) is 0 Å². The molecule has 5 heteroatoms. The van der Waals surface area contributed by atoms with Gasteiger partial charge in [0.15, 0.2) is 0 Å². The Kier molecular flexibility index (Phi) is 3.90. The van der Waals surface area contributed by atoms with Crippen LogP contribution in [0.25, 0.3) is 0 Å². The van der Waals surface area contributed by atoms with Gasteiger partial charge in [-0.2, -0.15) is 0 Å². The number of amides is 1. The number of hydrogen-bond acceptors (Lipinski definition) is 3. The summed E-state index contributed by atoms with van der Waals surface area (Å²) < 4.78 is 1.00. The Morgan fingerprint density at radius 2 is 2.22 bits per heavy atom. The number of halogens is 1. The summed E-state index contributed by atoms with van der Waals surface area (Å²) in [5.41, 5.74) is 0.954. The molecule has 18 heavy (non-hydrogen) atoms. The van der Waals surface area contributed by atoms with Crippen LogP contribution in [-0.2, 0) is 4.79 Å². The van der Waals surface area contributed by atoms with Crippen molar-refractivity contribution in [2.75, 3.05) is 25.5 Å². The highest BCUT2D eigenvalue weighted by molar-refractivity contribution is 9.10. The molecule has 1 amide bonds. The predicted molar refractivity (Wildman–Crippen MR) is 75.7 cm³/mol. The van der Waals surface area contributed by atoms with Gasteiger partial charge in [0.2, 0.25) is 5.91 Å². The van der Waals surface area contributed by atoms with E-state index in [0.29, 0.717) is 0 Å². The average Bonchev–Trinajstić information content (AvgIpc) is 2.80. The number of carbonyl (C=O) groups excluding carboxylic acids is 1. The zero-order valence-electron chi connectivity index (χ0n) is 11.0. The fourth-order valence-electron chi connectivity index (χ4n) is 2.29. The maximum absolute atomic E-state index is 12.1. The first-order valence-electron chi connectivity index (χ1n) is 6.11. The van der Waals surface area contributed by atoms with Crippen molar-refractivity contribution in [2.45, 2.75) is 25.8 Å². The molecule has 98 valence electrons. The number of aryl methyl sites for hydroxylation is 1. The molecular weight excluding hydrogens is 294 g/mol. The second-order valence-corrected chi connectivity index (χ2v) is 5.68. The van der Waals surface area contributed by atoms with Crippen molar-refractivity contribution in [1.82, 2.24) is 9.88 Å². The summed E-state index contributed by atoms with van der Waals surface area (Å²) in [5.74, 6) is 1.06. The van der Waals surface area contributed by atoms with E-state index in [1.54, 1.807) is 19.0 Å². The average molecular weight is 312 g/mol. The van der Waals surface area contributed by atoms with Gasteiger partial charge in [0.1, 0.15) is 11.9 Å². The zero-order valence-corrected chi connectivity index (χ0v) is 12.6.